The fraction of sp³-hybridized carbons (Fsp3) is 0.632. The summed E-state index contributed by atoms with van der Waals surface area (Å²) in [6.45, 7) is 7.01. The Morgan fingerprint density at radius 2 is 1.86 bits per heavy atom. The molecular formula is C19H28N2O. The van der Waals surface area contributed by atoms with E-state index in [1.807, 2.05) is 18.2 Å². The lowest BCUT2D eigenvalue weighted by Gasteiger charge is -2.33. The van der Waals surface area contributed by atoms with Crippen LogP contribution in [0.25, 0.3) is 11.0 Å². The van der Waals surface area contributed by atoms with Crippen molar-refractivity contribution >= 4 is 16.8 Å². The quantitative estimate of drug-likeness (QED) is 0.687. The summed E-state index contributed by atoms with van der Waals surface area (Å²) in [6.07, 6.45) is 7.72. The van der Waals surface area contributed by atoms with Crippen molar-refractivity contribution in [2.75, 3.05) is 5.32 Å². The Balaban J connectivity index is 1.86. The number of nitrogens with zero attached hydrogens (tertiary/aromatic N) is 1. The second-order valence-electron chi connectivity index (χ2n) is 7.14. The Morgan fingerprint density at radius 1 is 1.18 bits per heavy atom. The molecule has 1 fully saturated rings. The van der Waals surface area contributed by atoms with Crippen LogP contribution in [0.3, 0.4) is 0 Å². The third-order valence-electron chi connectivity index (χ3n) is 5.25. The molecule has 1 atom stereocenters. The van der Waals surface area contributed by atoms with E-state index in [-0.39, 0.29) is 0 Å². The summed E-state index contributed by atoms with van der Waals surface area (Å²) in [6, 6.07) is 8.62. The molecule has 1 aromatic carbocycles. The zero-order valence-corrected chi connectivity index (χ0v) is 14.1. The molecule has 0 aliphatic heterocycles. The number of hydrogen-bond donors (Lipinski definition) is 1. The molecule has 1 aliphatic rings. The number of nitrogens with one attached hydrogen (secondary N) is 1. The maximum atomic E-state index is 5.47. The van der Waals surface area contributed by atoms with Crippen LogP contribution < -0.4 is 5.32 Å². The summed E-state index contributed by atoms with van der Waals surface area (Å²) >= 11 is 0. The molecule has 0 amide bonds. The molecule has 1 heterocycles. The van der Waals surface area contributed by atoms with Gasteiger partial charge >= 0.3 is 0 Å². The number of para-hydroxylation sites is 1. The second-order valence-corrected chi connectivity index (χ2v) is 7.14. The van der Waals surface area contributed by atoms with Gasteiger partial charge in [0.25, 0.3) is 0 Å². The van der Waals surface area contributed by atoms with E-state index in [9.17, 15) is 0 Å². The highest BCUT2D eigenvalue weighted by Gasteiger charge is 2.47. The molecule has 3 nitrogen and oxygen atoms in total. The Kier molecular flexibility index (Phi) is 4.42. The van der Waals surface area contributed by atoms with Crippen molar-refractivity contribution in [1.29, 1.82) is 0 Å². The number of benzene rings is 1. The van der Waals surface area contributed by atoms with Crippen molar-refractivity contribution in [2.45, 2.75) is 65.3 Å². The first kappa shape index (κ1) is 15.4. The lowest BCUT2D eigenvalue weighted by molar-refractivity contribution is 0.292. The van der Waals surface area contributed by atoms with Crippen molar-refractivity contribution < 1.29 is 4.52 Å². The molecule has 2 aromatic rings. The van der Waals surface area contributed by atoms with Crippen LogP contribution in [-0.4, -0.2) is 11.2 Å². The van der Waals surface area contributed by atoms with Gasteiger partial charge in [-0.1, -0.05) is 50.9 Å². The van der Waals surface area contributed by atoms with Crippen LogP contribution in [-0.2, 0) is 0 Å². The zero-order chi connectivity index (χ0) is 15.6. The van der Waals surface area contributed by atoms with Gasteiger partial charge in [0, 0.05) is 6.04 Å². The Morgan fingerprint density at radius 3 is 2.50 bits per heavy atom. The summed E-state index contributed by atoms with van der Waals surface area (Å²) in [5.41, 5.74) is 1.29. The molecule has 3 rings (SSSR count). The molecule has 0 saturated heterocycles. The van der Waals surface area contributed by atoms with Crippen LogP contribution in [0.4, 0.5) is 5.82 Å². The van der Waals surface area contributed by atoms with Crippen LogP contribution in [0.15, 0.2) is 28.8 Å². The van der Waals surface area contributed by atoms with Crippen molar-refractivity contribution in [3.63, 3.8) is 0 Å². The minimum atomic E-state index is 0.426. The largest absolute Gasteiger partial charge is 0.363 e. The first-order valence-corrected chi connectivity index (χ1v) is 8.79. The highest BCUT2D eigenvalue weighted by Crippen LogP contribution is 2.52. The summed E-state index contributed by atoms with van der Waals surface area (Å²) in [5, 5.41) is 9.16. The normalized spacial score (nSPS) is 17.8. The highest BCUT2D eigenvalue weighted by atomic mass is 16.5. The van der Waals surface area contributed by atoms with Gasteiger partial charge < -0.3 is 9.84 Å². The van der Waals surface area contributed by atoms with E-state index >= 15 is 0 Å². The van der Waals surface area contributed by atoms with Crippen LogP contribution in [0, 0.1) is 11.3 Å². The smallest absolute Gasteiger partial charge is 0.177 e. The summed E-state index contributed by atoms with van der Waals surface area (Å²) < 4.78 is 5.47. The molecule has 1 saturated carbocycles. The number of aromatic nitrogens is 1. The zero-order valence-electron chi connectivity index (χ0n) is 14.1. The van der Waals surface area contributed by atoms with Gasteiger partial charge in [0.05, 0.1) is 5.39 Å². The summed E-state index contributed by atoms with van der Waals surface area (Å²) in [4.78, 5) is 0. The van der Waals surface area contributed by atoms with Crippen molar-refractivity contribution in [2.24, 2.45) is 11.3 Å². The molecule has 1 unspecified atom stereocenters. The third-order valence-corrected chi connectivity index (χ3v) is 5.25. The minimum absolute atomic E-state index is 0.426. The molecule has 1 aromatic heterocycles. The first-order chi connectivity index (χ1) is 10.7. The Hall–Kier alpha value is -1.51. The van der Waals surface area contributed by atoms with Crippen LogP contribution in [0.1, 0.15) is 59.3 Å². The maximum Gasteiger partial charge on any atom is 0.177 e. The van der Waals surface area contributed by atoms with Crippen molar-refractivity contribution in [1.82, 2.24) is 5.16 Å². The summed E-state index contributed by atoms with van der Waals surface area (Å²) in [7, 11) is 0. The van der Waals surface area contributed by atoms with Gasteiger partial charge in [-0.3, -0.25) is 0 Å². The lowest BCUT2D eigenvalue weighted by Crippen LogP contribution is -2.36. The molecule has 0 radical (unpaired) electrons. The van der Waals surface area contributed by atoms with E-state index in [4.69, 9.17) is 4.52 Å². The van der Waals surface area contributed by atoms with Crippen molar-refractivity contribution in [3.8, 4) is 0 Å². The molecule has 0 spiro atoms. The number of hydrogen-bond acceptors (Lipinski definition) is 3. The maximum absolute atomic E-state index is 5.47. The van der Waals surface area contributed by atoms with Crippen LogP contribution >= 0.6 is 0 Å². The van der Waals surface area contributed by atoms with E-state index in [0.717, 1.165) is 22.7 Å². The lowest BCUT2D eigenvalue weighted by atomic mass is 9.81. The van der Waals surface area contributed by atoms with Crippen LogP contribution in [0.2, 0.25) is 0 Å². The molecule has 0 bridgehead atoms. The second kappa shape index (κ2) is 6.31. The van der Waals surface area contributed by atoms with E-state index < -0.39 is 0 Å². The number of fused-ring (bicyclic) bond motifs is 1. The first-order valence-electron chi connectivity index (χ1n) is 8.79. The monoisotopic (exact) mass is 300 g/mol. The predicted octanol–water partition coefficient (Wildman–Crippen LogP) is 5.62. The Bertz CT molecular complexity index is 609. The minimum Gasteiger partial charge on any atom is -0.363 e. The van der Waals surface area contributed by atoms with Crippen molar-refractivity contribution in [3.05, 3.63) is 24.3 Å². The third kappa shape index (κ3) is 2.99. The fourth-order valence-electron chi connectivity index (χ4n) is 3.73. The van der Waals surface area contributed by atoms with E-state index in [2.05, 4.69) is 37.3 Å². The van der Waals surface area contributed by atoms with E-state index in [1.54, 1.807) is 0 Å². The SMILES string of the molecule is CCCC(CCC)C(Nc1noc2ccccc12)C1(C)CC1. The van der Waals surface area contributed by atoms with E-state index in [1.165, 1.54) is 38.5 Å². The average molecular weight is 300 g/mol. The van der Waals surface area contributed by atoms with Gasteiger partial charge in [0.2, 0.25) is 0 Å². The highest BCUT2D eigenvalue weighted by molar-refractivity contribution is 5.88. The van der Waals surface area contributed by atoms with Gasteiger partial charge in [-0.15, -0.1) is 0 Å². The Labute approximate surface area is 133 Å². The van der Waals surface area contributed by atoms with Gasteiger partial charge in [0.1, 0.15) is 0 Å². The molecule has 120 valence electrons. The molecule has 3 heteroatoms. The molecule has 1 aliphatic carbocycles. The van der Waals surface area contributed by atoms with Gasteiger partial charge in [0.15, 0.2) is 11.4 Å². The van der Waals surface area contributed by atoms with Gasteiger partial charge in [-0.2, -0.15) is 0 Å². The van der Waals surface area contributed by atoms with Crippen LogP contribution in [0.5, 0.6) is 0 Å². The fourth-order valence-corrected chi connectivity index (χ4v) is 3.73. The standard InChI is InChI=1S/C19H28N2O/c1-4-8-14(9-5-2)17(19(3)12-13-19)20-18-15-10-6-7-11-16(15)22-21-18/h6-7,10-11,14,17H,4-5,8-9,12-13H2,1-3H3,(H,20,21). The topological polar surface area (TPSA) is 38.1 Å². The molecule has 1 N–H and O–H groups in total. The average Bonchev–Trinajstić information content (AvgIpc) is 3.13. The summed E-state index contributed by atoms with van der Waals surface area (Å²) in [5.74, 6) is 1.64. The number of anilines is 1. The molecule has 22 heavy (non-hydrogen) atoms. The predicted molar refractivity (Wildman–Crippen MR) is 92.1 cm³/mol. The van der Waals surface area contributed by atoms with Gasteiger partial charge in [-0.05, 0) is 49.1 Å². The van der Waals surface area contributed by atoms with Gasteiger partial charge in [-0.25, -0.2) is 0 Å². The van der Waals surface area contributed by atoms with E-state index in [0.29, 0.717) is 11.5 Å². The number of rotatable bonds is 8. The molecular weight excluding hydrogens is 272 g/mol.